The molecule has 0 atom stereocenters. The number of rotatable bonds is 6. The summed E-state index contributed by atoms with van der Waals surface area (Å²) in [6, 6.07) is 6.64. The molecule has 0 saturated carbocycles. The predicted octanol–water partition coefficient (Wildman–Crippen LogP) is 2.95. The van der Waals surface area contributed by atoms with Crippen LogP contribution in [-0.4, -0.2) is 29.9 Å². The van der Waals surface area contributed by atoms with Gasteiger partial charge < -0.3 is 14.6 Å². The zero-order chi connectivity index (χ0) is 16.8. The van der Waals surface area contributed by atoms with E-state index in [2.05, 4.69) is 15.2 Å². The molecule has 1 aromatic heterocycles. The Kier molecular flexibility index (Phi) is 5.81. The van der Waals surface area contributed by atoms with Gasteiger partial charge in [-0.2, -0.15) is 0 Å². The van der Waals surface area contributed by atoms with Crippen molar-refractivity contribution in [1.82, 2.24) is 5.16 Å². The van der Waals surface area contributed by atoms with E-state index in [1.165, 1.54) is 18.9 Å². The molecule has 2 aromatic rings. The normalized spacial score (nSPS) is 10.4. The number of nitrogens with zero attached hydrogens (tertiary/aromatic N) is 1. The third-order valence-electron chi connectivity index (χ3n) is 3.23. The van der Waals surface area contributed by atoms with Crippen LogP contribution in [0.15, 0.2) is 28.8 Å². The summed E-state index contributed by atoms with van der Waals surface area (Å²) in [6.45, 7) is 3.74. The molecule has 1 N–H and O–H groups in total. The van der Waals surface area contributed by atoms with Gasteiger partial charge in [0.05, 0.1) is 24.1 Å². The molecule has 0 fully saturated rings. The fourth-order valence-electron chi connectivity index (χ4n) is 1.99. The highest BCUT2D eigenvalue weighted by Crippen LogP contribution is 2.20. The van der Waals surface area contributed by atoms with Gasteiger partial charge >= 0.3 is 5.97 Å². The summed E-state index contributed by atoms with van der Waals surface area (Å²) < 4.78 is 9.74. The third kappa shape index (κ3) is 4.59. The topological polar surface area (TPSA) is 81.4 Å². The highest BCUT2D eigenvalue weighted by molar-refractivity contribution is 7.99. The predicted molar refractivity (Wildman–Crippen MR) is 88.6 cm³/mol. The molecule has 0 saturated heterocycles. The SMILES string of the molecule is COC(=O)c1cccc(NC(=O)CSCc2c(C)noc2C)c1. The van der Waals surface area contributed by atoms with E-state index in [0.29, 0.717) is 22.8 Å². The number of esters is 1. The van der Waals surface area contributed by atoms with Gasteiger partial charge in [-0.05, 0) is 32.0 Å². The minimum atomic E-state index is -0.436. The molecule has 7 heteroatoms. The van der Waals surface area contributed by atoms with E-state index >= 15 is 0 Å². The molecular weight excluding hydrogens is 316 g/mol. The zero-order valence-corrected chi connectivity index (χ0v) is 14.0. The molecule has 0 spiro atoms. The lowest BCUT2D eigenvalue weighted by Gasteiger charge is -2.06. The first-order valence-electron chi connectivity index (χ1n) is 6.99. The van der Waals surface area contributed by atoms with Gasteiger partial charge in [0, 0.05) is 17.0 Å². The second-order valence-electron chi connectivity index (χ2n) is 4.92. The molecule has 23 heavy (non-hydrogen) atoms. The maximum atomic E-state index is 12.0. The summed E-state index contributed by atoms with van der Waals surface area (Å²) in [6.07, 6.45) is 0. The second-order valence-corrected chi connectivity index (χ2v) is 5.90. The van der Waals surface area contributed by atoms with Crippen molar-refractivity contribution in [3.8, 4) is 0 Å². The maximum absolute atomic E-state index is 12.0. The van der Waals surface area contributed by atoms with Crippen molar-refractivity contribution in [2.45, 2.75) is 19.6 Å². The smallest absolute Gasteiger partial charge is 0.337 e. The van der Waals surface area contributed by atoms with Crippen LogP contribution in [0.25, 0.3) is 0 Å². The van der Waals surface area contributed by atoms with Crippen molar-refractivity contribution in [1.29, 1.82) is 0 Å². The lowest BCUT2D eigenvalue weighted by Crippen LogP contribution is -2.14. The highest BCUT2D eigenvalue weighted by atomic mass is 32.2. The Balaban J connectivity index is 1.86. The van der Waals surface area contributed by atoms with Crippen LogP contribution in [-0.2, 0) is 15.3 Å². The van der Waals surface area contributed by atoms with Crippen LogP contribution < -0.4 is 5.32 Å². The Morgan fingerprint density at radius 3 is 2.78 bits per heavy atom. The van der Waals surface area contributed by atoms with Crippen molar-refractivity contribution in [2.24, 2.45) is 0 Å². The molecule has 6 nitrogen and oxygen atoms in total. The van der Waals surface area contributed by atoms with Crippen LogP contribution in [0.3, 0.4) is 0 Å². The Morgan fingerprint density at radius 2 is 2.13 bits per heavy atom. The molecule has 0 aliphatic rings. The summed E-state index contributed by atoms with van der Waals surface area (Å²) in [7, 11) is 1.32. The van der Waals surface area contributed by atoms with Gasteiger partial charge in [-0.25, -0.2) is 4.79 Å². The van der Waals surface area contributed by atoms with E-state index in [0.717, 1.165) is 17.0 Å². The fourth-order valence-corrected chi connectivity index (χ4v) is 2.97. The molecule has 1 heterocycles. The summed E-state index contributed by atoms with van der Waals surface area (Å²) in [5, 5.41) is 6.65. The highest BCUT2D eigenvalue weighted by Gasteiger charge is 2.11. The minimum Gasteiger partial charge on any atom is -0.465 e. The van der Waals surface area contributed by atoms with E-state index in [-0.39, 0.29) is 5.91 Å². The van der Waals surface area contributed by atoms with Gasteiger partial charge in [0.15, 0.2) is 0 Å². The Morgan fingerprint density at radius 1 is 1.35 bits per heavy atom. The Hall–Kier alpha value is -2.28. The number of nitrogens with one attached hydrogen (secondary N) is 1. The molecule has 1 amide bonds. The Bertz CT molecular complexity index is 692. The summed E-state index contributed by atoms with van der Waals surface area (Å²) in [5.74, 6) is 1.17. The number of amides is 1. The van der Waals surface area contributed by atoms with E-state index in [1.807, 2.05) is 13.8 Å². The van der Waals surface area contributed by atoms with Crippen LogP contribution in [0.4, 0.5) is 5.69 Å². The number of aryl methyl sites for hydroxylation is 2. The van der Waals surface area contributed by atoms with Crippen molar-refractivity contribution < 1.29 is 18.8 Å². The summed E-state index contributed by atoms with van der Waals surface area (Å²) in [4.78, 5) is 23.4. The number of carbonyl (C=O) groups is 2. The van der Waals surface area contributed by atoms with Crippen LogP contribution in [0.2, 0.25) is 0 Å². The summed E-state index contributed by atoms with van der Waals surface area (Å²) >= 11 is 1.48. The minimum absolute atomic E-state index is 0.135. The standard InChI is InChI=1S/C16H18N2O4S/c1-10-14(11(2)22-18-10)8-23-9-15(19)17-13-6-4-5-12(7-13)16(20)21-3/h4-7H,8-9H2,1-3H3,(H,17,19). The van der Waals surface area contributed by atoms with Crippen molar-refractivity contribution >= 4 is 29.3 Å². The number of hydrogen-bond acceptors (Lipinski definition) is 6. The Labute approximate surface area is 138 Å². The van der Waals surface area contributed by atoms with E-state index in [1.54, 1.807) is 24.3 Å². The number of aromatic nitrogens is 1. The van der Waals surface area contributed by atoms with Crippen molar-refractivity contribution in [2.75, 3.05) is 18.2 Å². The largest absolute Gasteiger partial charge is 0.465 e. The van der Waals surface area contributed by atoms with Crippen LogP contribution >= 0.6 is 11.8 Å². The molecule has 0 aliphatic carbocycles. The quantitative estimate of drug-likeness (QED) is 0.818. The first-order valence-corrected chi connectivity index (χ1v) is 8.14. The molecule has 2 rings (SSSR count). The van der Waals surface area contributed by atoms with E-state index in [9.17, 15) is 9.59 Å². The maximum Gasteiger partial charge on any atom is 0.337 e. The number of thioether (sulfide) groups is 1. The first-order chi connectivity index (χ1) is 11.0. The van der Waals surface area contributed by atoms with Crippen LogP contribution in [0.5, 0.6) is 0 Å². The van der Waals surface area contributed by atoms with E-state index in [4.69, 9.17) is 4.52 Å². The van der Waals surface area contributed by atoms with Crippen LogP contribution in [0, 0.1) is 13.8 Å². The number of methoxy groups -OCH3 is 1. The molecule has 122 valence electrons. The zero-order valence-electron chi connectivity index (χ0n) is 13.2. The van der Waals surface area contributed by atoms with E-state index < -0.39 is 5.97 Å². The number of anilines is 1. The molecular formula is C16H18N2O4S. The number of hydrogen-bond donors (Lipinski definition) is 1. The van der Waals surface area contributed by atoms with Crippen molar-refractivity contribution in [3.05, 3.63) is 46.8 Å². The molecule has 0 bridgehead atoms. The number of benzene rings is 1. The first kappa shape index (κ1) is 17.1. The average molecular weight is 334 g/mol. The van der Waals surface area contributed by atoms with Gasteiger partial charge in [0.2, 0.25) is 5.91 Å². The average Bonchev–Trinajstić information content (AvgIpc) is 2.86. The van der Waals surface area contributed by atoms with Gasteiger partial charge in [-0.15, -0.1) is 11.8 Å². The molecule has 1 aromatic carbocycles. The van der Waals surface area contributed by atoms with Gasteiger partial charge in [-0.1, -0.05) is 11.2 Å². The second kappa shape index (κ2) is 7.82. The van der Waals surface area contributed by atoms with Gasteiger partial charge in [-0.3, -0.25) is 4.79 Å². The van der Waals surface area contributed by atoms with Gasteiger partial charge in [0.25, 0.3) is 0 Å². The lowest BCUT2D eigenvalue weighted by atomic mass is 10.2. The molecule has 0 aliphatic heterocycles. The molecule has 0 unspecified atom stereocenters. The summed E-state index contributed by atoms with van der Waals surface area (Å²) in [5.41, 5.74) is 2.83. The third-order valence-corrected chi connectivity index (χ3v) is 4.19. The number of ether oxygens (including phenoxy) is 1. The van der Waals surface area contributed by atoms with Crippen LogP contribution in [0.1, 0.15) is 27.4 Å². The monoisotopic (exact) mass is 334 g/mol. The van der Waals surface area contributed by atoms with Crippen molar-refractivity contribution in [3.63, 3.8) is 0 Å². The fraction of sp³-hybridized carbons (Fsp3) is 0.312. The lowest BCUT2D eigenvalue weighted by molar-refractivity contribution is -0.113. The number of carbonyl (C=O) groups excluding carboxylic acids is 2. The molecule has 0 radical (unpaired) electrons. The van der Waals surface area contributed by atoms with Gasteiger partial charge in [0.1, 0.15) is 5.76 Å².